The molecule has 0 saturated heterocycles. The van der Waals surface area contributed by atoms with Gasteiger partial charge in [0.15, 0.2) is 0 Å². The lowest BCUT2D eigenvalue weighted by Gasteiger charge is -2.10. The molecule has 2 aromatic rings. The molecule has 1 saturated carbocycles. The first kappa shape index (κ1) is 15.6. The molecule has 0 aliphatic heterocycles. The van der Waals surface area contributed by atoms with E-state index in [0.717, 1.165) is 12.8 Å². The number of hydrogen-bond donors (Lipinski definition) is 2. The van der Waals surface area contributed by atoms with Gasteiger partial charge in [0.05, 0.1) is 22.2 Å². The number of rotatable bonds is 6. The predicted octanol–water partition coefficient (Wildman–Crippen LogP) is 3.75. The first-order valence-corrected chi connectivity index (χ1v) is 8.43. The number of carbonyl (C=O) groups excluding carboxylic acids is 2. The van der Waals surface area contributed by atoms with E-state index in [1.54, 1.807) is 18.2 Å². The topological polar surface area (TPSA) is 67.4 Å². The summed E-state index contributed by atoms with van der Waals surface area (Å²) in [5.41, 5.74) is 0.635. The van der Waals surface area contributed by atoms with Gasteiger partial charge in [0.2, 0.25) is 5.91 Å². The van der Waals surface area contributed by atoms with Gasteiger partial charge in [0.25, 0.3) is 5.91 Å². The Kier molecular flexibility index (Phi) is 4.62. The second kappa shape index (κ2) is 6.83. The Morgan fingerprint density at radius 2 is 1.96 bits per heavy atom. The number of amides is 2. The lowest BCUT2D eigenvalue weighted by Crippen LogP contribution is -2.12. The van der Waals surface area contributed by atoms with Crippen LogP contribution < -0.4 is 15.4 Å². The van der Waals surface area contributed by atoms with Crippen LogP contribution in [0.15, 0.2) is 36.4 Å². The predicted molar refractivity (Wildman–Crippen MR) is 91.2 cm³/mol. The maximum atomic E-state index is 12.3. The van der Waals surface area contributed by atoms with Crippen LogP contribution in [0.25, 0.3) is 0 Å². The molecule has 5 nitrogen and oxygen atoms in total. The van der Waals surface area contributed by atoms with Crippen LogP contribution in [0.3, 0.4) is 0 Å². The molecule has 1 aromatic carbocycles. The van der Waals surface area contributed by atoms with Crippen LogP contribution in [-0.4, -0.2) is 18.4 Å². The third kappa shape index (κ3) is 3.90. The average molecular weight is 330 g/mol. The number of thiophene rings is 1. The summed E-state index contributed by atoms with van der Waals surface area (Å²) in [6, 6.07) is 10.8. The number of benzene rings is 1. The van der Waals surface area contributed by atoms with Crippen LogP contribution in [0, 0.1) is 5.92 Å². The van der Waals surface area contributed by atoms with Crippen molar-refractivity contribution < 1.29 is 14.3 Å². The minimum atomic E-state index is -0.214. The van der Waals surface area contributed by atoms with E-state index >= 15 is 0 Å². The summed E-state index contributed by atoms with van der Waals surface area (Å²) >= 11 is 1.27. The summed E-state index contributed by atoms with van der Waals surface area (Å²) in [6.07, 6.45) is 1.91. The van der Waals surface area contributed by atoms with E-state index in [2.05, 4.69) is 10.6 Å². The second-order valence-electron chi connectivity index (χ2n) is 5.31. The average Bonchev–Trinajstić information content (AvgIpc) is 3.29. The largest absolute Gasteiger partial charge is 0.492 e. The zero-order chi connectivity index (χ0) is 16.2. The summed E-state index contributed by atoms with van der Waals surface area (Å²) < 4.78 is 5.50. The molecule has 23 heavy (non-hydrogen) atoms. The van der Waals surface area contributed by atoms with Gasteiger partial charge in [0, 0.05) is 5.92 Å². The first-order chi connectivity index (χ1) is 11.2. The molecule has 1 fully saturated rings. The molecule has 0 radical (unpaired) electrons. The Labute approximate surface area is 138 Å². The lowest BCUT2D eigenvalue weighted by molar-refractivity contribution is -0.117. The molecule has 2 amide bonds. The van der Waals surface area contributed by atoms with E-state index in [1.165, 1.54) is 11.3 Å². The summed E-state index contributed by atoms with van der Waals surface area (Å²) in [6.45, 7) is 2.43. The summed E-state index contributed by atoms with van der Waals surface area (Å²) in [5, 5.41) is 6.40. The highest BCUT2D eigenvalue weighted by atomic mass is 32.1. The summed E-state index contributed by atoms with van der Waals surface area (Å²) in [5.74, 6) is 0.615. The van der Waals surface area contributed by atoms with Gasteiger partial charge in [-0.05, 0) is 44.0 Å². The van der Waals surface area contributed by atoms with E-state index in [0.29, 0.717) is 27.9 Å². The number of hydrogen-bond acceptors (Lipinski definition) is 4. The zero-order valence-electron chi connectivity index (χ0n) is 12.8. The standard InChI is InChI=1S/C17H18N2O3S/c1-2-22-13-6-4-3-5-12(13)18-17(21)14-9-10-15(23-14)19-16(20)11-7-8-11/h3-6,9-11H,2,7-8H2,1H3,(H,18,21)(H,19,20). The van der Waals surface area contributed by atoms with Crippen molar-refractivity contribution in [2.24, 2.45) is 5.92 Å². The molecular weight excluding hydrogens is 312 g/mol. The molecule has 1 aromatic heterocycles. The minimum Gasteiger partial charge on any atom is -0.492 e. The van der Waals surface area contributed by atoms with Crippen LogP contribution in [0.4, 0.5) is 10.7 Å². The van der Waals surface area contributed by atoms with Crippen LogP contribution in [-0.2, 0) is 4.79 Å². The fraction of sp³-hybridized carbons (Fsp3) is 0.294. The van der Waals surface area contributed by atoms with Crippen molar-refractivity contribution in [1.82, 2.24) is 0 Å². The molecule has 6 heteroatoms. The van der Waals surface area contributed by atoms with Gasteiger partial charge in [-0.25, -0.2) is 0 Å². The smallest absolute Gasteiger partial charge is 0.265 e. The number of nitrogens with one attached hydrogen (secondary N) is 2. The van der Waals surface area contributed by atoms with E-state index < -0.39 is 0 Å². The highest BCUT2D eigenvalue weighted by Gasteiger charge is 2.29. The van der Waals surface area contributed by atoms with Gasteiger partial charge in [-0.1, -0.05) is 12.1 Å². The quantitative estimate of drug-likeness (QED) is 0.847. The number of anilines is 2. The van der Waals surface area contributed by atoms with E-state index in [1.807, 2.05) is 25.1 Å². The molecule has 1 aliphatic rings. The van der Waals surface area contributed by atoms with Gasteiger partial charge < -0.3 is 15.4 Å². The van der Waals surface area contributed by atoms with Crippen molar-refractivity contribution in [3.05, 3.63) is 41.3 Å². The molecule has 0 spiro atoms. The molecule has 0 bridgehead atoms. The Hall–Kier alpha value is -2.34. The molecular formula is C17H18N2O3S. The molecule has 0 unspecified atom stereocenters. The van der Waals surface area contributed by atoms with Crippen LogP contribution in [0.5, 0.6) is 5.75 Å². The number of carbonyl (C=O) groups is 2. The third-order valence-corrected chi connectivity index (χ3v) is 4.46. The van der Waals surface area contributed by atoms with Crippen LogP contribution in [0.1, 0.15) is 29.4 Å². The second-order valence-corrected chi connectivity index (χ2v) is 6.39. The minimum absolute atomic E-state index is 0.0421. The van der Waals surface area contributed by atoms with Crippen LogP contribution in [0.2, 0.25) is 0 Å². The number of para-hydroxylation sites is 2. The highest BCUT2D eigenvalue weighted by Crippen LogP contribution is 2.32. The first-order valence-electron chi connectivity index (χ1n) is 7.61. The Bertz CT molecular complexity index is 722. The molecule has 0 atom stereocenters. The Balaban J connectivity index is 1.66. The fourth-order valence-electron chi connectivity index (χ4n) is 2.13. The Morgan fingerprint density at radius 1 is 1.17 bits per heavy atom. The summed E-state index contributed by atoms with van der Waals surface area (Å²) in [7, 11) is 0. The van der Waals surface area contributed by atoms with Crippen molar-refractivity contribution in [1.29, 1.82) is 0 Å². The third-order valence-electron chi connectivity index (χ3n) is 3.46. The molecule has 2 N–H and O–H groups in total. The maximum absolute atomic E-state index is 12.3. The van der Waals surface area contributed by atoms with E-state index in [-0.39, 0.29) is 17.7 Å². The maximum Gasteiger partial charge on any atom is 0.265 e. The van der Waals surface area contributed by atoms with Crippen molar-refractivity contribution in [2.45, 2.75) is 19.8 Å². The van der Waals surface area contributed by atoms with Gasteiger partial charge in [-0.3, -0.25) is 9.59 Å². The molecule has 1 aliphatic carbocycles. The number of ether oxygens (including phenoxy) is 1. The van der Waals surface area contributed by atoms with Crippen LogP contribution >= 0.6 is 11.3 Å². The van der Waals surface area contributed by atoms with Gasteiger partial charge >= 0.3 is 0 Å². The van der Waals surface area contributed by atoms with Crippen molar-refractivity contribution >= 4 is 33.8 Å². The van der Waals surface area contributed by atoms with Crippen molar-refractivity contribution in [3.8, 4) is 5.75 Å². The highest BCUT2D eigenvalue weighted by molar-refractivity contribution is 7.18. The van der Waals surface area contributed by atoms with Crippen molar-refractivity contribution in [3.63, 3.8) is 0 Å². The molecule has 120 valence electrons. The normalized spacial score (nSPS) is 13.4. The monoisotopic (exact) mass is 330 g/mol. The summed E-state index contributed by atoms with van der Waals surface area (Å²) in [4.78, 5) is 24.6. The van der Waals surface area contributed by atoms with E-state index in [9.17, 15) is 9.59 Å². The van der Waals surface area contributed by atoms with Gasteiger partial charge in [0.1, 0.15) is 5.75 Å². The lowest BCUT2D eigenvalue weighted by atomic mass is 10.3. The van der Waals surface area contributed by atoms with Crippen molar-refractivity contribution in [2.75, 3.05) is 17.2 Å². The molecule has 1 heterocycles. The molecule has 3 rings (SSSR count). The Morgan fingerprint density at radius 3 is 2.70 bits per heavy atom. The fourth-order valence-corrected chi connectivity index (χ4v) is 2.94. The van der Waals surface area contributed by atoms with Gasteiger partial charge in [-0.2, -0.15) is 0 Å². The zero-order valence-corrected chi connectivity index (χ0v) is 13.6. The van der Waals surface area contributed by atoms with Gasteiger partial charge in [-0.15, -0.1) is 11.3 Å². The SMILES string of the molecule is CCOc1ccccc1NC(=O)c1ccc(NC(=O)C2CC2)s1. The van der Waals surface area contributed by atoms with E-state index in [4.69, 9.17) is 4.74 Å².